The van der Waals surface area contributed by atoms with Gasteiger partial charge in [0, 0.05) is 13.1 Å². The Morgan fingerprint density at radius 1 is 1.04 bits per heavy atom. The largest absolute Gasteiger partial charge is 0.496 e. The molecule has 3 N–H and O–H groups in total. The topological polar surface area (TPSA) is 139 Å². The molecule has 5 fully saturated rings. The lowest BCUT2D eigenvalue weighted by molar-refractivity contribution is -0.199. The van der Waals surface area contributed by atoms with Crippen LogP contribution in [-0.4, -0.2) is 84.6 Å². The molecular formula is C35H54BN3O8. The number of nitrogens with two attached hydrogens (primary N) is 1. The van der Waals surface area contributed by atoms with Crippen LogP contribution in [0.15, 0.2) is 18.2 Å². The summed E-state index contributed by atoms with van der Waals surface area (Å²) in [6, 6.07) is 5.32. The first kappa shape index (κ1) is 35.5. The van der Waals surface area contributed by atoms with Crippen LogP contribution in [0.3, 0.4) is 0 Å². The minimum Gasteiger partial charge on any atom is -0.496 e. The maximum absolute atomic E-state index is 14.1. The van der Waals surface area contributed by atoms with Crippen LogP contribution < -0.4 is 15.8 Å². The molecule has 2 bridgehead atoms. The summed E-state index contributed by atoms with van der Waals surface area (Å²) in [5.41, 5.74) is 4.90. The van der Waals surface area contributed by atoms with Crippen molar-refractivity contribution in [3.05, 3.63) is 29.3 Å². The Bertz CT molecular complexity index is 1380. The van der Waals surface area contributed by atoms with Gasteiger partial charge in [0.1, 0.15) is 22.5 Å². The molecule has 4 unspecified atom stereocenters. The Morgan fingerprint density at radius 2 is 1.68 bits per heavy atom. The first-order valence-corrected chi connectivity index (χ1v) is 17.0. The average Bonchev–Trinajstić information content (AvgIpc) is 3.32. The summed E-state index contributed by atoms with van der Waals surface area (Å²) in [5, 5.41) is 3.19. The fourth-order valence-electron chi connectivity index (χ4n) is 7.96. The molecule has 2 aliphatic heterocycles. The third-order valence-electron chi connectivity index (χ3n) is 10.7. The zero-order valence-electron chi connectivity index (χ0n) is 29.9. The molecule has 1 aromatic carbocycles. The zero-order valence-corrected chi connectivity index (χ0v) is 29.9. The molecule has 3 aliphatic carbocycles. The zero-order chi connectivity index (χ0) is 34.7. The van der Waals surface area contributed by atoms with Gasteiger partial charge in [-0.2, -0.15) is 0 Å². The van der Waals surface area contributed by atoms with Gasteiger partial charge in [0.05, 0.1) is 30.3 Å². The molecule has 2 heterocycles. The number of likely N-dealkylation sites (tertiary alicyclic amines) is 1. The second-order valence-electron chi connectivity index (χ2n) is 16.7. The number of methoxy groups -OCH3 is 1. The van der Waals surface area contributed by atoms with Crippen LogP contribution in [0.4, 0.5) is 4.79 Å². The predicted molar refractivity (Wildman–Crippen MR) is 178 cm³/mol. The Morgan fingerprint density at radius 3 is 2.26 bits per heavy atom. The van der Waals surface area contributed by atoms with Gasteiger partial charge >= 0.3 is 19.2 Å². The minimum absolute atomic E-state index is 0.0948. The summed E-state index contributed by atoms with van der Waals surface area (Å²) >= 11 is 0. The van der Waals surface area contributed by atoms with Crippen molar-refractivity contribution in [1.82, 2.24) is 10.2 Å². The summed E-state index contributed by atoms with van der Waals surface area (Å²) in [4.78, 5) is 41.5. The van der Waals surface area contributed by atoms with Crippen molar-refractivity contribution in [2.75, 3.05) is 20.2 Å². The molecule has 1 aromatic rings. The van der Waals surface area contributed by atoms with E-state index < -0.39 is 47.5 Å². The van der Waals surface area contributed by atoms with E-state index >= 15 is 0 Å². The number of piperidine rings is 1. The minimum atomic E-state index is -1.21. The standard InChI is InChI=1S/C35H54BN3O8/c1-31(2,3)44-28(40)23-13-11-12-21(27(23)43-10)18-26(36-46-25-20-22-19-24(33(22,7)8)34(25,9)47-36)38-29(41)35(37)14-16-39(17-15-35)30(42)45-32(4,5)6/h11-13,22,24-26H,14-20,37H2,1-10H3,(H,38,41)/t22?,24?,25?,26-,34?/m0/s1. The number of ether oxygens (including phenoxy) is 3. The molecule has 0 aromatic heterocycles. The summed E-state index contributed by atoms with van der Waals surface area (Å²) in [7, 11) is 0.769. The smallest absolute Gasteiger partial charge is 0.482 e. The Kier molecular flexibility index (Phi) is 9.25. The Labute approximate surface area is 280 Å². The maximum Gasteiger partial charge on any atom is 0.482 e. The average molecular weight is 656 g/mol. The van der Waals surface area contributed by atoms with Gasteiger partial charge in [-0.15, -0.1) is 0 Å². The highest BCUT2D eigenvalue weighted by molar-refractivity contribution is 6.48. The Balaban J connectivity index is 1.39. The number of rotatable bonds is 7. The van der Waals surface area contributed by atoms with E-state index in [1.165, 1.54) is 7.11 Å². The van der Waals surface area contributed by atoms with E-state index in [0.29, 0.717) is 41.8 Å². The van der Waals surface area contributed by atoms with E-state index in [4.69, 9.17) is 29.3 Å². The van der Waals surface area contributed by atoms with Crippen LogP contribution in [0, 0.1) is 17.3 Å². The van der Waals surface area contributed by atoms with Crippen molar-refractivity contribution in [3.8, 4) is 5.75 Å². The number of nitrogens with one attached hydrogen (secondary N) is 1. The van der Waals surface area contributed by atoms with E-state index in [9.17, 15) is 14.4 Å². The SMILES string of the molecule is COc1c(C[C@H](NC(=O)C2(N)CCN(C(=O)OC(C)(C)C)CC2)B2OC3CC4CC(C4(C)C)C3(C)O2)cccc1C(=O)OC(C)(C)C. The lowest BCUT2D eigenvalue weighted by Crippen LogP contribution is -2.65. The van der Waals surface area contributed by atoms with Crippen LogP contribution in [-0.2, 0) is 30.0 Å². The van der Waals surface area contributed by atoms with Gasteiger partial charge in [0.25, 0.3) is 0 Å². The first-order chi connectivity index (χ1) is 21.7. The van der Waals surface area contributed by atoms with E-state index in [0.717, 1.165) is 12.8 Å². The fraction of sp³-hybridized carbons (Fsp3) is 0.743. The molecule has 47 heavy (non-hydrogen) atoms. The van der Waals surface area contributed by atoms with Gasteiger partial charge in [-0.1, -0.05) is 26.0 Å². The van der Waals surface area contributed by atoms with Gasteiger partial charge in [0.2, 0.25) is 5.91 Å². The number of carbonyl (C=O) groups is 3. The highest BCUT2D eigenvalue weighted by atomic mass is 16.7. The van der Waals surface area contributed by atoms with Crippen LogP contribution in [0.25, 0.3) is 0 Å². The van der Waals surface area contributed by atoms with Crippen LogP contribution in [0.2, 0.25) is 0 Å². The lowest BCUT2D eigenvalue weighted by Gasteiger charge is -2.64. The molecule has 0 spiro atoms. The highest BCUT2D eigenvalue weighted by Crippen LogP contribution is 2.65. The lowest BCUT2D eigenvalue weighted by atomic mass is 9.43. The fourth-order valence-corrected chi connectivity index (χ4v) is 7.96. The summed E-state index contributed by atoms with van der Waals surface area (Å²) in [6.07, 6.45) is 2.29. The normalized spacial score (nSPS) is 28.4. The first-order valence-electron chi connectivity index (χ1n) is 17.0. The van der Waals surface area contributed by atoms with Gasteiger partial charge < -0.3 is 39.5 Å². The van der Waals surface area contributed by atoms with Crippen LogP contribution in [0.1, 0.15) is 104 Å². The molecule has 2 saturated heterocycles. The number of hydrogen-bond donors (Lipinski definition) is 2. The summed E-state index contributed by atoms with van der Waals surface area (Å²) < 4.78 is 30.4. The van der Waals surface area contributed by atoms with Crippen molar-refractivity contribution in [3.63, 3.8) is 0 Å². The third kappa shape index (κ3) is 7.01. The number of nitrogens with zero attached hydrogens (tertiary/aromatic N) is 1. The number of esters is 1. The molecule has 0 radical (unpaired) electrons. The van der Waals surface area contributed by atoms with Gasteiger partial charge in [0.15, 0.2) is 0 Å². The second-order valence-corrected chi connectivity index (χ2v) is 16.7. The molecule has 2 amide bonds. The molecule has 11 nitrogen and oxygen atoms in total. The molecule has 3 saturated carbocycles. The number of amides is 2. The number of carbonyl (C=O) groups excluding carboxylic acids is 3. The quantitative estimate of drug-likeness (QED) is 0.317. The van der Waals surface area contributed by atoms with E-state index in [2.05, 4.69) is 26.1 Å². The molecule has 5 aliphatic rings. The summed E-state index contributed by atoms with van der Waals surface area (Å²) in [6.45, 7) is 18.2. The number of benzene rings is 1. The van der Waals surface area contributed by atoms with Crippen molar-refractivity contribution < 1.29 is 37.9 Å². The number of para-hydroxylation sites is 1. The molecule has 260 valence electrons. The molecule has 5 atom stereocenters. The second kappa shape index (κ2) is 12.3. The molecule has 6 rings (SSSR count). The third-order valence-corrected chi connectivity index (χ3v) is 10.7. The van der Waals surface area contributed by atoms with Gasteiger partial charge in [-0.25, -0.2) is 9.59 Å². The van der Waals surface area contributed by atoms with Crippen molar-refractivity contribution >= 4 is 25.1 Å². The van der Waals surface area contributed by atoms with Crippen molar-refractivity contribution in [2.45, 2.75) is 129 Å². The maximum atomic E-state index is 14.1. The van der Waals surface area contributed by atoms with E-state index in [-0.39, 0.29) is 36.7 Å². The van der Waals surface area contributed by atoms with Crippen molar-refractivity contribution in [2.24, 2.45) is 23.0 Å². The van der Waals surface area contributed by atoms with E-state index in [1.54, 1.807) is 17.0 Å². The predicted octanol–water partition coefficient (Wildman–Crippen LogP) is 4.67. The van der Waals surface area contributed by atoms with Crippen LogP contribution in [0.5, 0.6) is 5.75 Å². The van der Waals surface area contributed by atoms with Gasteiger partial charge in [-0.3, -0.25) is 4.79 Å². The highest BCUT2D eigenvalue weighted by Gasteiger charge is 2.68. The van der Waals surface area contributed by atoms with Crippen molar-refractivity contribution in [1.29, 1.82) is 0 Å². The Hall–Kier alpha value is -2.83. The number of hydrogen-bond acceptors (Lipinski definition) is 9. The monoisotopic (exact) mass is 655 g/mol. The molecule has 12 heteroatoms. The molecular weight excluding hydrogens is 601 g/mol. The summed E-state index contributed by atoms with van der Waals surface area (Å²) in [5.74, 6) is -0.206. The van der Waals surface area contributed by atoms with E-state index in [1.807, 2.05) is 47.6 Å². The van der Waals surface area contributed by atoms with Crippen LogP contribution >= 0.6 is 0 Å². The van der Waals surface area contributed by atoms with Gasteiger partial charge in [-0.05, 0) is 109 Å².